The first-order valence-electron chi connectivity index (χ1n) is 5.28. The average molecular weight is 220 g/mol. The van der Waals surface area contributed by atoms with Gasteiger partial charge in [-0.05, 0) is 18.4 Å². The summed E-state index contributed by atoms with van der Waals surface area (Å²) < 4.78 is 0. The Morgan fingerprint density at radius 3 is 2.88 bits per heavy atom. The van der Waals surface area contributed by atoms with Crippen molar-refractivity contribution < 1.29 is 5.11 Å². The Balaban J connectivity index is 2.81. The zero-order valence-corrected chi connectivity index (χ0v) is 9.51. The zero-order chi connectivity index (χ0) is 12.0. The third-order valence-electron chi connectivity index (χ3n) is 2.41. The topological polar surface area (TPSA) is 81.8 Å². The monoisotopic (exact) mass is 220 g/mol. The van der Waals surface area contributed by atoms with Crippen molar-refractivity contribution in [1.29, 1.82) is 5.26 Å². The molecule has 0 amide bonds. The van der Waals surface area contributed by atoms with Crippen molar-refractivity contribution in [2.45, 2.75) is 26.3 Å². The van der Waals surface area contributed by atoms with Gasteiger partial charge in [0.2, 0.25) is 0 Å². The molecule has 0 saturated carbocycles. The van der Waals surface area contributed by atoms with E-state index in [-0.39, 0.29) is 12.6 Å². The van der Waals surface area contributed by atoms with Crippen LogP contribution in [0.5, 0.6) is 0 Å². The lowest BCUT2D eigenvalue weighted by Crippen LogP contribution is -2.27. The quantitative estimate of drug-likeness (QED) is 0.778. The fraction of sp³-hybridized carbons (Fsp3) is 0.545. The number of hydrogen-bond donors (Lipinski definition) is 2. The molecule has 0 bridgehead atoms. The predicted molar refractivity (Wildman–Crippen MR) is 60.7 cm³/mol. The molecule has 0 saturated heterocycles. The van der Waals surface area contributed by atoms with Crippen LogP contribution in [-0.4, -0.2) is 28.0 Å². The van der Waals surface area contributed by atoms with Crippen LogP contribution in [0.15, 0.2) is 12.3 Å². The molecule has 1 atom stereocenters. The highest BCUT2D eigenvalue weighted by molar-refractivity contribution is 5.50. The number of hydrogen-bond acceptors (Lipinski definition) is 5. The van der Waals surface area contributed by atoms with Gasteiger partial charge in [-0.15, -0.1) is 5.10 Å². The molecule has 0 aromatic carbocycles. The van der Waals surface area contributed by atoms with Crippen LogP contribution >= 0.6 is 0 Å². The Labute approximate surface area is 95.1 Å². The van der Waals surface area contributed by atoms with E-state index in [1.165, 1.54) is 6.20 Å². The molecule has 0 aliphatic heterocycles. The first-order chi connectivity index (χ1) is 7.69. The van der Waals surface area contributed by atoms with Gasteiger partial charge in [-0.2, -0.15) is 10.4 Å². The summed E-state index contributed by atoms with van der Waals surface area (Å²) in [6.07, 6.45) is 2.11. The van der Waals surface area contributed by atoms with Crippen molar-refractivity contribution in [3.8, 4) is 6.07 Å². The van der Waals surface area contributed by atoms with Crippen LogP contribution in [0.3, 0.4) is 0 Å². The van der Waals surface area contributed by atoms with Gasteiger partial charge in [-0.3, -0.25) is 0 Å². The van der Waals surface area contributed by atoms with E-state index in [0.717, 1.165) is 0 Å². The number of aliphatic hydroxyl groups is 1. The van der Waals surface area contributed by atoms with E-state index in [2.05, 4.69) is 35.4 Å². The van der Waals surface area contributed by atoms with E-state index in [0.29, 0.717) is 23.7 Å². The van der Waals surface area contributed by atoms with Crippen LogP contribution < -0.4 is 5.32 Å². The SMILES string of the molecule is CC(C)C(CCO)Nc1nnccc1C#N. The number of nitrogens with zero attached hydrogens (tertiary/aromatic N) is 3. The minimum atomic E-state index is 0.0915. The van der Waals surface area contributed by atoms with Crippen molar-refractivity contribution in [2.75, 3.05) is 11.9 Å². The minimum absolute atomic E-state index is 0.0915. The van der Waals surface area contributed by atoms with Crippen molar-refractivity contribution in [3.05, 3.63) is 17.8 Å². The largest absolute Gasteiger partial charge is 0.396 e. The molecule has 1 rings (SSSR count). The molecule has 0 aliphatic rings. The first kappa shape index (κ1) is 12.4. The van der Waals surface area contributed by atoms with Crippen LogP contribution in [0.4, 0.5) is 5.82 Å². The van der Waals surface area contributed by atoms with Gasteiger partial charge < -0.3 is 10.4 Å². The number of nitrogens with one attached hydrogen (secondary N) is 1. The van der Waals surface area contributed by atoms with Crippen LogP contribution in [-0.2, 0) is 0 Å². The maximum absolute atomic E-state index is 8.95. The standard InChI is InChI=1S/C11H16N4O/c1-8(2)10(4-6-16)14-11-9(7-12)3-5-13-15-11/h3,5,8,10,16H,4,6H2,1-2H3,(H,14,15). The fourth-order valence-electron chi connectivity index (χ4n) is 1.42. The lowest BCUT2D eigenvalue weighted by Gasteiger charge is -2.22. The maximum atomic E-state index is 8.95. The Bertz CT molecular complexity index is 372. The lowest BCUT2D eigenvalue weighted by atomic mass is 10.0. The second kappa shape index (κ2) is 6.03. The molecule has 1 heterocycles. The number of nitriles is 1. The van der Waals surface area contributed by atoms with E-state index < -0.39 is 0 Å². The van der Waals surface area contributed by atoms with Crippen LogP contribution in [0.25, 0.3) is 0 Å². The van der Waals surface area contributed by atoms with Crippen LogP contribution in [0.1, 0.15) is 25.8 Å². The third-order valence-corrected chi connectivity index (χ3v) is 2.41. The summed E-state index contributed by atoms with van der Waals surface area (Å²) in [5.41, 5.74) is 0.471. The molecular weight excluding hydrogens is 204 g/mol. The van der Waals surface area contributed by atoms with E-state index in [1.54, 1.807) is 6.07 Å². The summed E-state index contributed by atoms with van der Waals surface area (Å²) in [4.78, 5) is 0. The molecule has 5 nitrogen and oxygen atoms in total. The van der Waals surface area contributed by atoms with Crippen molar-refractivity contribution in [1.82, 2.24) is 10.2 Å². The number of rotatable bonds is 5. The van der Waals surface area contributed by atoms with Gasteiger partial charge in [-0.25, -0.2) is 0 Å². The number of aliphatic hydroxyl groups excluding tert-OH is 1. The second-order valence-electron chi connectivity index (χ2n) is 3.91. The molecule has 0 aliphatic carbocycles. The normalized spacial score (nSPS) is 12.2. The van der Waals surface area contributed by atoms with E-state index in [1.807, 2.05) is 0 Å². The van der Waals surface area contributed by atoms with Gasteiger partial charge in [0, 0.05) is 12.6 Å². The Morgan fingerprint density at radius 1 is 1.56 bits per heavy atom. The minimum Gasteiger partial charge on any atom is -0.396 e. The number of aromatic nitrogens is 2. The molecule has 16 heavy (non-hydrogen) atoms. The highest BCUT2D eigenvalue weighted by Gasteiger charge is 2.15. The highest BCUT2D eigenvalue weighted by Crippen LogP contribution is 2.15. The van der Waals surface area contributed by atoms with Crippen molar-refractivity contribution in [3.63, 3.8) is 0 Å². The summed E-state index contributed by atoms with van der Waals surface area (Å²) in [6.45, 7) is 4.21. The Morgan fingerprint density at radius 2 is 2.31 bits per heavy atom. The molecule has 2 N–H and O–H groups in total. The Hall–Kier alpha value is -1.67. The maximum Gasteiger partial charge on any atom is 0.166 e. The molecular formula is C11H16N4O. The molecule has 86 valence electrons. The summed E-state index contributed by atoms with van der Waals surface area (Å²) in [5, 5.41) is 28.6. The van der Waals surface area contributed by atoms with Gasteiger partial charge in [0.1, 0.15) is 6.07 Å². The smallest absolute Gasteiger partial charge is 0.166 e. The van der Waals surface area contributed by atoms with E-state index in [9.17, 15) is 0 Å². The molecule has 0 spiro atoms. The molecule has 1 aromatic rings. The Kier molecular flexibility index (Phi) is 4.67. The van der Waals surface area contributed by atoms with Gasteiger partial charge >= 0.3 is 0 Å². The van der Waals surface area contributed by atoms with Crippen molar-refractivity contribution >= 4 is 5.82 Å². The molecule has 0 radical (unpaired) electrons. The van der Waals surface area contributed by atoms with Gasteiger partial charge in [0.25, 0.3) is 0 Å². The zero-order valence-electron chi connectivity index (χ0n) is 9.51. The van der Waals surface area contributed by atoms with Crippen molar-refractivity contribution in [2.24, 2.45) is 5.92 Å². The molecule has 5 heteroatoms. The number of anilines is 1. The van der Waals surface area contributed by atoms with Gasteiger partial charge in [0.15, 0.2) is 5.82 Å². The second-order valence-corrected chi connectivity index (χ2v) is 3.91. The van der Waals surface area contributed by atoms with E-state index in [4.69, 9.17) is 10.4 Å². The first-order valence-corrected chi connectivity index (χ1v) is 5.28. The lowest BCUT2D eigenvalue weighted by molar-refractivity contribution is 0.267. The molecule has 1 unspecified atom stereocenters. The highest BCUT2D eigenvalue weighted by atomic mass is 16.3. The summed E-state index contributed by atoms with van der Waals surface area (Å²) in [6, 6.07) is 3.76. The molecule has 1 aromatic heterocycles. The summed E-state index contributed by atoms with van der Waals surface area (Å²) >= 11 is 0. The third kappa shape index (κ3) is 3.17. The van der Waals surface area contributed by atoms with E-state index >= 15 is 0 Å². The average Bonchev–Trinajstić information content (AvgIpc) is 2.29. The summed E-state index contributed by atoms with van der Waals surface area (Å²) in [5.74, 6) is 0.831. The van der Waals surface area contributed by atoms with Crippen LogP contribution in [0.2, 0.25) is 0 Å². The predicted octanol–water partition coefficient (Wildman–Crippen LogP) is 1.17. The van der Waals surface area contributed by atoms with Gasteiger partial charge in [-0.1, -0.05) is 13.8 Å². The fourth-order valence-corrected chi connectivity index (χ4v) is 1.42. The van der Waals surface area contributed by atoms with Crippen LogP contribution in [0, 0.1) is 17.2 Å². The summed E-state index contributed by atoms with van der Waals surface area (Å²) in [7, 11) is 0. The van der Waals surface area contributed by atoms with Gasteiger partial charge in [0.05, 0.1) is 11.8 Å². The molecule has 0 fully saturated rings.